The van der Waals surface area contributed by atoms with Gasteiger partial charge < -0.3 is 15.2 Å². The van der Waals surface area contributed by atoms with Gasteiger partial charge in [-0.3, -0.25) is 4.79 Å². The predicted molar refractivity (Wildman–Crippen MR) is 72.5 cm³/mol. The van der Waals surface area contributed by atoms with Crippen LogP contribution in [0.1, 0.15) is 31.4 Å². The number of hydrogen-bond acceptors (Lipinski definition) is 3. The lowest BCUT2D eigenvalue weighted by Gasteiger charge is -2.19. The van der Waals surface area contributed by atoms with Crippen molar-refractivity contribution in [1.82, 2.24) is 5.32 Å². The number of hydrogen-bond donors (Lipinski definition) is 2. The fourth-order valence-corrected chi connectivity index (χ4v) is 2.32. The van der Waals surface area contributed by atoms with E-state index in [0.29, 0.717) is 25.2 Å². The molecule has 1 aromatic rings. The van der Waals surface area contributed by atoms with Crippen molar-refractivity contribution in [2.24, 2.45) is 5.92 Å². The van der Waals surface area contributed by atoms with Crippen LogP contribution >= 0.6 is 0 Å². The smallest absolute Gasteiger partial charge is 0.225 e. The van der Waals surface area contributed by atoms with Gasteiger partial charge in [-0.15, -0.1) is 0 Å². The van der Waals surface area contributed by atoms with Crippen LogP contribution in [0.4, 0.5) is 4.39 Å². The molecule has 1 aliphatic heterocycles. The van der Waals surface area contributed by atoms with Gasteiger partial charge in [0.25, 0.3) is 0 Å². The maximum absolute atomic E-state index is 12.8. The van der Waals surface area contributed by atoms with Crippen LogP contribution in [0.5, 0.6) is 0 Å². The maximum atomic E-state index is 12.8. The lowest BCUT2D eigenvalue weighted by atomic mass is 10.0. The van der Waals surface area contributed by atoms with Gasteiger partial charge >= 0.3 is 0 Å². The molecule has 0 aliphatic carbocycles. The zero-order valence-electron chi connectivity index (χ0n) is 11.5. The summed E-state index contributed by atoms with van der Waals surface area (Å²) in [7, 11) is 0. The lowest BCUT2D eigenvalue weighted by molar-refractivity contribution is -0.125. The fraction of sp³-hybridized carbons (Fsp3) is 0.533. The molecule has 3 unspecified atom stereocenters. The van der Waals surface area contributed by atoms with E-state index in [9.17, 15) is 14.3 Å². The summed E-state index contributed by atoms with van der Waals surface area (Å²) in [5.41, 5.74) is 0.650. The summed E-state index contributed by atoms with van der Waals surface area (Å²) in [6.45, 7) is 2.95. The topological polar surface area (TPSA) is 58.6 Å². The molecule has 2 rings (SSSR count). The molecule has 1 amide bonds. The normalized spacial score (nSPS) is 21.4. The molecule has 0 saturated carbocycles. The van der Waals surface area contributed by atoms with Crippen LogP contribution in [0.25, 0.3) is 0 Å². The van der Waals surface area contributed by atoms with E-state index in [4.69, 9.17) is 4.74 Å². The number of halogens is 1. The van der Waals surface area contributed by atoms with Gasteiger partial charge in [-0.25, -0.2) is 4.39 Å². The first kappa shape index (κ1) is 14.9. The first-order valence-electron chi connectivity index (χ1n) is 6.88. The van der Waals surface area contributed by atoms with E-state index in [0.717, 1.165) is 6.42 Å². The van der Waals surface area contributed by atoms with Gasteiger partial charge in [-0.05, 0) is 37.5 Å². The molecule has 1 fully saturated rings. The highest BCUT2D eigenvalue weighted by molar-refractivity contribution is 5.79. The number of aliphatic hydroxyl groups excluding tert-OH is 1. The average Bonchev–Trinajstić information content (AvgIpc) is 2.93. The number of aliphatic hydroxyl groups is 1. The van der Waals surface area contributed by atoms with E-state index in [1.54, 1.807) is 12.1 Å². The Morgan fingerprint density at radius 2 is 2.20 bits per heavy atom. The minimum absolute atomic E-state index is 0.0266. The van der Waals surface area contributed by atoms with Gasteiger partial charge in [-0.1, -0.05) is 12.1 Å². The third kappa shape index (κ3) is 4.02. The summed E-state index contributed by atoms with van der Waals surface area (Å²) >= 11 is 0. The maximum Gasteiger partial charge on any atom is 0.225 e. The second-order valence-corrected chi connectivity index (χ2v) is 5.27. The Labute approximate surface area is 117 Å². The largest absolute Gasteiger partial charge is 0.388 e. The van der Waals surface area contributed by atoms with Crippen LogP contribution in [0.15, 0.2) is 24.3 Å². The Morgan fingerprint density at radius 3 is 2.80 bits per heavy atom. The summed E-state index contributed by atoms with van der Waals surface area (Å²) in [6, 6.07) is 5.59. The minimum Gasteiger partial charge on any atom is -0.388 e. The van der Waals surface area contributed by atoms with Gasteiger partial charge in [-0.2, -0.15) is 0 Å². The molecule has 3 atom stereocenters. The number of amides is 1. The molecule has 1 heterocycles. The van der Waals surface area contributed by atoms with Crippen LogP contribution < -0.4 is 5.32 Å². The van der Waals surface area contributed by atoms with Gasteiger partial charge in [0.1, 0.15) is 5.82 Å². The molecule has 5 heteroatoms. The third-order valence-electron chi connectivity index (χ3n) is 3.52. The molecule has 0 radical (unpaired) electrons. The molecule has 1 aromatic carbocycles. The summed E-state index contributed by atoms with van der Waals surface area (Å²) in [5.74, 6) is -0.440. The lowest BCUT2D eigenvalue weighted by Crippen LogP contribution is -2.38. The van der Waals surface area contributed by atoms with Gasteiger partial charge in [0.05, 0.1) is 18.6 Å². The Morgan fingerprint density at radius 1 is 1.50 bits per heavy atom. The van der Waals surface area contributed by atoms with Crippen LogP contribution in [-0.4, -0.2) is 30.3 Å². The molecule has 0 bridgehead atoms. The van der Waals surface area contributed by atoms with E-state index in [2.05, 4.69) is 5.32 Å². The second-order valence-electron chi connectivity index (χ2n) is 5.27. The number of ether oxygens (including phenoxy) is 1. The highest BCUT2D eigenvalue weighted by Crippen LogP contribution is 2.19. The van der Waals surface area contributed by atoms with E-state index < -0.39 is 6.10 Å². The van der Waals surface area contributed by atoms with Crippen molar-refractivity contribution >= 4 is 5.91 Å². The molecule has 0 aromatic heterocycles. The van der Waals surface area contributed by atoms with Crippen molar-refractivity contribution in [1.29, 1.82) is 0 Å². The Hall–Kier alpha value is -1.46. The van der Waals surface area contributed by atoms with Crippen LogP contribution in [0.3, 0.4) is 0 Å². The number of carbonyl (C=O) groups excluding carboxylic acids is 1. The number of benzene rings is 1. The van der Waals surface area contributed by atoms with Gasteiger partial charge in [0.15, 0.2) is 0 Å². The van der Waals surface area contributed by atoms with Crippen LogP contribution in [0.2, 0.25) is 0 Å². The van der Waals surface area contributed by atoms with Gasteiger partial charge in [0.2, 0.25) is 5.91 Å². The van der Waals surface area contributed by atoms with E-state index in [-0.39, 0.29) is 23.7 Å². The molecule has 2 N–H and O–H groups in total. The molecular weight excluding hydrogens is 261 g/mol. The van der Waals surface area contributed by atoms with Crippen molar-refractivity contribution in [2.45, 2.75) is 31.9 Å². The monoisotopic (exact) mass is 281 g/mol. The molecule has 0 spiro atoms. The van der Waals surface area contributed by atoms with Crippen molar-refractivity contribution in [3.8, 4) is 0 Å². The van der Waals surface area contributed by atoms with Crippen LogP contribution in [-0.2, 0) is 9.53 Å². The van der Waals surface area contributed by atoms with E-state index >= 15 is 0 Å². The molecular formula is C15H20FNO3. The quantitative estimate of drug-likeness (QED) is 0.865. The van der Waals surface area contributed by atoms with E-state index in [1.165, 1.54) is 12.1 Å². The Balaban J connectivity index is 1.82. The third-order valence-corrected chi connectivity index (χ3v) is 3.52. The molecule has 110 valence electrons. The zero-order valence-corrected chi connectivity index (χ0v) is 11.5. The second kappa shape index (κ2) is 6.81. The zero-order chi connectivity index (χ0) is 14.5. The molecule has 20 heavy (non-hydrogen) atoms. The molecule has 1 saturated heterocycles. The van der Waals surface area contributed by atoms with Gasteiger partial charge in [0, 0.05) is 12.6 Å². The molecule has 1 aliphatic rings. The highest BCUT2D eigenvalue weighted by atomic mass is 19.1. The van der Waals surface area contributed by atoms with Crippen molar-refractivity contribution in [3.05, 3.63) is 35.6 Å². The summed E-state index contributed by atoms with van der Waals surface area (Å²) in [4.78, 5) is 11.9. The fourth-order valence-electron chi connectivity index (χ4n) is 2.32. The van der Waals surface area contributed by atoms with Crippen molar-refractivity contribution in [2.75, 3.05) is 13.2 Å². The number of carbonyl (C=O) groups is 1. The number of rotatable bonds is 5. The first-order valence-corrected chi connectivity index (χ1v) is 6.88. The first-order chi connectivity index (χ1) is 9.56. The predicted octanol–water partition coefficient (Wildman–Crippen LogP) is 1.79. The summed E-state index contributed by atoms with van der Waals surface area (Å²) < 4.78 is 18.0. The van der Waals surface area contributed by atoms with Crippen molar-refractivity contribution in [3.63, 3.8) is 0 Å². The average molecular weight is 281 g/mol. The minimum atomic E-state index is -0.717. The Bertz CT molecular complexity index is 443. The van der Waals surface area contributed by atoms with Crippen molar-refractivity contribution < 1.29 is 19.0 Å². The molecule has 4 nitrogen and oxygen atoms in total. The van der Waals surface area contributed by atoms with Crippen LogP contribution in [0, 0.1) is 11.7 Å². The SMILES string of the molecule is CC(CC(O)c1ccc(F)cc1)NC(=O)C1CCOC1. The highest BCUT2D eigenvalue weighted by Gasteiger charge is 2.25. The standard InChI is InChI=1S/C15H20FNO3/c1-10(17-15(19)12-6-7-20-9-12)8-14(18)11-2-4-13(16)5-3-11/h2-5,10,12,14,18H,6-9H2,1H3,(H,17,19). The number of nitrogens with one attached hydrogen (secondary N) is 1. The summed E-state index contributed by atoms with van der Waals surface area (Å²) in [5, 5.41) is 12.9. The Kier molecular flexibility index (Phi) is 5.09. The van der Waals surface area contributed by atoms with E-state index in [1.807, 2.05) is 6.92 Å². The summed E-state index contributed by atoms with van der Waals surface area (Å²) in [6.07, 6.45) is 0.426.